The Morgan fingerprint density at radius 2 is 1.82 bits per heavy atom. The molecule has 0 bridgehead atoms. The van der Waals surface area contributed by atoms with Crippen LogP contribution in [0.4, 0.5) is 0 Å². The van der Waals surface area contributed by atoms with Gasteiger partial charge >= 0.3 is 0 Å². The summed E-state index contributed by atoms with van der Waals surface area (Å²) < 4.78 is 7.49. The summed E-state index contributed by atoms with van der Waals surface area (Å²) in [6, 6.07) is 20.1. The number of halogens is 1. The lowest BCUT2D eigenvalue weighted by Crippen LogP contribution is -2.44. The maximum Gasteiger partial charge on any atom is 0.191 e. The largest absolute Gasteiger partial charge is 0.466 e. The Labute approximate surface area is 211 Å². The van der Waals surface area contributed by atoms with Crippen molar-refractivity contribution in [3.63, 3.8) is 0 Å². The SMILES string of the molecule is CCNC(=NCc1ccc(Cn2cnc3ccccc32)cc1)NCC(C)(O)c1ccco1.I. The summed E-state index contributed by atoms with van der Waals surface area (Å²) in [4.78, 5) is 9.11. The van der Waals surface area contributed by atoms with E-state index in [1.165, 1.54) is 5.56 Å². The number of nitrogens with zero attached hydrogens (tertiary/aromatic N) is 3. The summed E-state index contributed by atoms with van der Waals surface area (Å²) >= 11 is 0. The number of aliphatic imine (C=N–C) groups is 1. The number of para-hydroxylation sites is 2. The van der Waals surface area contributed by atoms with E-state index in [-0.39, 0.29) is 30.5 Å². The van der Waals surface area contributed by atoms with Gasteiger partial charge in [0.15, 0.2) is 5.96 Å². The molecule has 2 heterocycles. The molecule has 7 nitrogen and oxygen atoms in total. The number of benzene rings is 2. The number of aliphatic hydroxyl groups is 1. The monoisotopic (exact) mass is 559 g/mol. The first-order valence-corrected chi connectivity index (χ1v) is 10.8. The van der Waals surface area contributed by atoms with Gasteiger partial charge in [-0.05, 0) is 49.2 Å². The minimum atomic E-state index is -1.13. The Hall–Kier alpha value is -2.85. The van der Waals surface area contributed by atoms with Crippen molar-refractivity contribution in [3.05, 3.63) is 90.1 Å². The van der Waals surface area contributed by atoms with E-state index >= 15 is 0 Å². The van der Waals surface area contributed by atoms with E-state index in [0.717, 1.165) is 29.7 Å². The van der Waals surface area contributed by atoms with Gasteiger partial charge in [-0.3, -0.25) is 0 Å². The Kier molecular flexibility index (Phi) is 8.51. The van der Waals surface area contributed by atoms with Crippen LogP contribution < -0.4 is 10.6 Å². The molecule has 4 rings (SSSR count). The quantitative estimate of drug-likeness (QED) is 0.171. The van der Waals surface area contributed by atoms with Crippen molar-refractivity contribution in [3.8, 4) is 0 Å². The van der Waals surface area contributed by atoms with Gasteiger partial charge < -0.3 is 24.7 Å². The summed E-state index contributed by atoms with van der Waals surface area (Å²) in [6.07, 6.45) is 3.44. The van der Waals surface area contributed by atoms with Gasteiger partial charge in [-0.2, -0.15) is 0 Å². The van der Waals surface area contributed by atoms with E-state index in [9.17, 15) is 5.11 Å². The third-order valence-electron chi connectivity index (χ3n) is 5.32. The summed E-state index contributed by atoms with van der Waals surface area (Å²) in [7, 11) is 0. The Balaban J connectivity index is 0.00000306. The van der Waals surface area contributed by atoms with Gasteiger partial charge in [0.2, 0.25) is 0 Å². The lowest BCUT2D eigenvalue weighted by Gasteiger charge is -2.22. The number of furan rings is 1. The highest BCUT2D eigenvalue weighted by Crippen LogP contribution is 2.19. The van der Waals surface area contributed by atoms with E-state index in [1.807, 2.05) is 31.5 Å². The molecule has 0 saturated heterocycles. The van der Waals surface area contributed by atoms with Crippen LogP contribution in [0.3, 0.4) is 0 Å². The Morgan fingerprint density at radius 1 is 1.06 bits per heavy atom. The Morgan fingerprint density at radius 3 is 2.55 bits per heavy atom. The molecule has 0 saturated carbocycles. The van der Waals surface area contributed by atoms with E-state index in [2.05, 4.69) is 55.5 Å². The van der Waals surface area contributed by atoms with Crippen molar-refractivity contribution in [2.75, 3.05) is 13.1 Å². The van der Waals surface area contributed by atoms with Crippen LogP contribution in [-0.4, -0.2) is 33.7 Å². The molecule has 0 radical (unpaired) electrons. The highest BCUT2D eigenvalue weighted by atomic mass is 127. The van der Waals surface area contributed by atoms with Crippen molar-refractivity contribution in [2.24, 2.45) is 4.99 Å². The minimum absolute atomic E-state index is 0. The summed E-state index contributed by atoms with van der Waals surface area (Å²) in [5.74, 6) is 1.16. The van der Waals surface area contributed by atoms with E-state index < -0.39 is 5.60 Å². The van der Waals surface area contributed by atoms with E-state index in [1.54, 1.807) is 25.3 Å². The third-order valence-corrected chi connectivity index (χ3v) is 5.32. The van der Waals surface area contributed by atoms with Gasteiger partial charge in [-0.25, -0.2) is 9.98 Å². The lowest BCUT2D eigenvalue weighted by atomic mass is 10.0. The first-order chi connectivity index (χ1) is 15.5. The molecule has 3 N–H and O–H groups in total. The molecule has 0 amide bonds. The number of guanidine groups is 1. The molecule has 2 aromatic heterocycles. The molecular weight excluding hydrogens is 529 g/mol. The highest BCUT2D eigenvalue weighted by molar-refractivity contribution is 14.0. The smallest absolute Gasteiger partial charge is 0.191 e. The molecule has 0 spiro atoms. The predicted molar refractivity (Wildman–Crippen MR) is 142 cm³/mol. The molecule has 0 fully saturated rings. The number of nitrogens with one attached hydrogen (secondary N) is 2. The second kappa shape index (κ2) is 11.3. The maximum absolute atomic E-state index is 10.6. The standard InChI is InChI=1S/C25H29N5O2.HI/c1-3-26-24(28-17-25(2,31)23-9-6-14-32-23)27-15-19-10-12-20(13-11-19)16-30-18-29-21-7-4-5-8-22(21)30;/h4-14,18,31H,3,15-17H2,1-2H3,(H2,26,27,28);1H. The molecule has 0 aliphatic heterocycles. The van der Waals surface area contributed by atoms with Crippen LogP contribution >= 0.6 is 24.0 Å². The number of hydrogen-bond acceptors (Lipinski definition) is 4. The van der Waals surface area contributed by atoms with Crippen LogP contribution in [-0.2, 0) is 18.7 Å². The molecule has 0 aliphatic rings. The minimum Gasteiger partial charge on any atom is -0.466 e. The van der Waals surface area contributed by atoms with E-state index in [0.29, 0.717) is 18.3 Å². The van der Waals surface area contributed by atoms with Crippen molar-refractivity contribution in [1.29, 1.82) is 0 Å². The Bertz CT molecular complexity index is 1170. The maximum atomic E-state index is 10.6. The summed E-state index contributed by atoms with van der Waals surface area (Å²) in [6.45, 7) is 6.04. The topological polar surface area (TPSA) is 87.6 Å². The number of hydrogen-bond donors (Lipinski definition) is 3. The number of aromatic nitrogens is 2. The molecular formula is C25H30IN5O2. The third kappa shape index (κ3) is 6.35. The van der Waals surface area contributed by atoms with Gasteiger partial charge in [-0.1, -0.05) is 36.4 Å². The van der Waals surface area contributed by atoms with Gasteiger partial charge in [0.05, 0.1) is 36.7 Å². The molecule has 2 aromatic carbocycles. The number of imidazole rings is 1. The zero-order valence-electron chi connectivity index (χ0n) is 18.9. The first-order valence-electron chi connectivity index (χ1n) is 10.8. The normalized spacial score (nSPS) is 13.4. The van der Waals surface area contributed by atoms with Crippen molar-refractivity contribution in [2.45, 2.75) is 32.5 Å². The zero-order chi connectivity index (χ0) is 22.4. The molecule has 4 aromatic rings. The van der Waals surface area contributed by atoms with Crippen LogP contribution in [0.15, 0.2) is 82.7 Å². The van der Waals surface area contributed by atoms with Crippen LogP contribution in [0.1, 0.15) is 30.7 Å². The molecule has 174 valence electrons. The lowest BCUT2D eigenvalue weighted by molar-refractivity contribution is 0.0386. The fourth-order valence-electron chi connectivity index (χ4n) is 3.52. The first kappa shape index (κ1) is 24.8. The average molecular weight is 559 g/mol. The average Bonchev–Trinajstić information content (AvgIpc) is 3.48. The molecule has 1 atom stereocenters. The van der Waals surface area contributed by atoms with Crippen LogP contribution in [0.2, 0.25) is 0 Å². The van der Waals surface area contributed by atoms with Crippen molar-refractivity contribution in [1.82, 2.24) is 20.2 Å². The number of rotatable bonds is 8. The summed E-state index contributed by atoms with van der Waals surface area (Å²) in [5.41, 5.74) is 3.33. The summed E-state index contributed by atoms with van der Waals surface area (Å²) in [5, 5.41) is 17.0. The second-order valence-corrected chi connectivity index (χ2v) is 7.98. The zero-order valence-corrected chi connectivity index (χ0v) is 21.2. The van der Waals surface area contributed by atoms with Crippen LogP contribution in [0.25, 0.3) is 11.0 Å². The fourth-order valence-corrected chi connectivity index (χ4v) is 3.52. The van der Waals surface area contributed by atoms with Gasteiger partial charge in [0, 0.05) is 13.1 Å². The van der Waals surface area contributed by atoms with Crippen LogP contribution in [0.5, 0.6) is 0 Å². The van der Waals surface area contributed by atoms with Crippen molar-refractivity contribution < 1.29 is 9.52 Å². The van der Waals surface area contributed by atoms with E-state index in [4.69, 9.17) is 4.42 Å². The van der Waals surface area contributed by atoms with Crippen molar-refractivity contribution >= 4 is 41.0 Å². The highest BCUT2D eigenvalue weighted by Gasteiger charge is 2.26. The van der Waals surface area contributed by atoms with Gasteiger partial charge in [0.1, 0.15) is 11.4 Å². The number of fused-ring (bicyclic) bond motifs is 1. The fraction of sp³-hybridized carbons (Fsp3) is 0.280. The molecule has 33 heavy (non-hydrogen) atoms. The predicted octanol–water partition coefficient (Wildman–Crippen LogP) is 4.26. The van der Waals surface area contributed by atoms with Gasteiger partial charge in [-0.15, -0.1) is 24.0 Å². The van der Waals surface area contributed by atoms with Crippen LogP contribution in [0, 0.1) is 0 Å². The second-order valence-electron chi connectivity index (χ2n) is 7.98. The molecule has 0 aliphatic carbocycles. The van der Waals surface area contributed by atoms with Gasteiger partial charge in [0.25, 0.3) is 0 Å². The molecule has 8 heteroatoms. The molecule has 1 unspecified atom stereocenters.